The van der Waals surface area contributed by atoms with E-state index >= 15 is 0 Å². The first kappa shape index (κ1) is 29.8. The van der Waals surface area contributed by atoms with Crippen molar-refractivity contribution in [2.45, 2.75) is 49.2 Å². The molecule has 11 heteroatoms. The van der Waals surface area contributed by atoms with Gasteiger partial charge in [0.15, 0.2) is 17.3 Å². The average molecular weight is 590 g/mol. The minimum Gasteiger partial charge on any atom is -0.507 e. The summed E-state index contributed by atoms with van der Waals surface area (Å²) in [6.07, 6.45) is 0.830. The molecule has 2 aliphatic rings. The molecule has 9 nitrogen and oxygen atoms in total. The monoisotopic (exact) mass is 589 g/mol. The van der Waals surface area contributed by atoms with E-state index in [2.05, 4.69) is 5.32 Å². The molecule has 0 bridgehead atoms. The Morgan fingerprint density at radius 3 is 2.45 bits per heavy atom. The highest BCUT2D eigenvalue weighted by atomic mass is 35.5. The van der Waals surface area contributed by atoms with Crippen LogP contribution in [0.3, 0.4) is 0 Å². The van der Waals surface area contributed by atoms with E-state index in [1.165, 1.54) is 39.0 Å². The maximum atomic E-state index is 14.1. The SMILES string of the molecule is COc1cc(OC)c2c(c1Cl)O[C@]1(C2=O)C(O)=C(C(CC(=O)NC[C@@H](C)O)c2ccc(SC)cc2)C(=O)C[C@H]1C. The highest BCUT2D eigenvalue weighted by molar-refractivity contribution is 7.98. The Morgan fingerprint density at radius 1 is 1.23 bits per heavy atom. The molecule has 2 aromatic carbocycles. The number of Topliss-reactive ketones (excluding diaryl/α,β-unsaturated/α-hetero) is 2. The number of amides is 1. The van der Waals surface area contributed by atoms with Gasteiger partial charge in [0.1, 0.15) is 22.1 Å². The van der Waals surface area contributed by atoms with Gasteiger partial charge in [0, 0.05) is 47.8 Å². The first-order valence-corrected chi connectivity index (χ1v) is 14.3. The molecule has 40 heavy (non-hydrogen) atoms. The van der Waals surface area contributed by atoms with Crippen LogP contribution in [-0.2, 0) is 9.59 Å². The van der Waals surface area contributed by atoms with Gasteiger partial charge in [-0.25, -0.2) is 0 Å². The van der Waals surface area contributed by atoms with Gasteiger partial charge in [-0.05, 0) is 30.9 Å². The van der Waals surface area contributed by atoms with Gasteiger partial charge in [-0.1, -0.05) is 30.7 Å². The van der Waals surface area contributed by atoms with Gasteiger partial charge >= 0.3 is 0 Å². The Kier molecular flexibility index (Phi) is 8.72. The summed E-state index contributed by atoms with van der Waals surface area (Å²) in [5.41, 5.74) is -1.39. The zero-order valence-corrected chi connectivity index (χ0v) is 24.4. The second-order valence-corrected chi connectivity index (χ2v) is 11.2. The molecule has 2 aromatic rings. The fourth-order valence-corrected chi connectivity index (χ4v) is 5.95. The van der Waals surface area contributed by atoms with Gasteiger partial charge in [-0.15, -0.1) is 11.8 Å². The summed E-state index contributed by atoms with van der Waals surface area (Å²) < 4.78 is 17.0. The summed E-state index contributed by atoms with van der Waals surface area (Å²) in [5.74, 6) is -3.30. The van der Waals surface area contributed by atoms with Crippen LogP contribution in [0.5, 0.6) is 17.2 Å². The van der Waals surface area contributed by atoms with E-state index in [1.807, 2.05) is 18.4 Å². The molecule has 0 fully saturated rings. The lowest BCUT2D eigenvalue weighted by molar-refractivity contribution is -0.122. The van der Waals surface area contributed by atoms with Crippen molar-refractivity contribution in [3.8, 4) is 17.2 Å². The molecule has 3 N–H and O–H groups in total. The van der Waals surface area contributed by atoms with Gasteiger partial charge in [0.25, 0.3) is 0 Å². The number of allylic oxidation sites excluding steroid dienone is 1. The minimum absolute atomic E-state index is 0.00878. The Bertz CT molecular complexity index is 1370. The minimum atomic E-state index is -1.96. The summed E-state index contributed by atoms with van der Waals surface area (Å²) in [4.78, 5) is 41.6. The Hall–Kier alpha value is -3.21. The molecule has 0 radical (unpaired) electrons. The van der Waals surface area contributed by atoms with Crippen molar-refractivity contribution < 1.29 is 38.8 Å². The van der Waals surface area contributed by atoms with Gasteiger partial charge in [-0.3, -0.25) is 14.4 Å². The van der Waals surface area contributed by atoms with Crippen molar-refractivity contribution in [3.05, 3.63) is 57.8 Å². The van der Waals surface area contributed by atoms with Crippen LogP contribution in [0.2, 0.25) is 5.02 Å². The Balaban J connectivity index is 1.89. The van der Waals surface area contributed by atoms with Crippen LogP contribution >= 0.6 is 23.4 Å². The van der Waals surface area contributed by atoms with Crippen LogP contribution in [0.15, 0.2) is 46.6 Å². The van der Waals surface area contributed by atoms with Crippen LogP contribution in [0.25, 0.3) is 0 Å². The van der Waals surface area contributed by atoms with Crippen molar-refractivity contribution >= 4 is 40.8 Å². The second kappa shape index (κ2) is 11.7. The molecule has 1 amide bonds. The highest BCUT2D eigenvalue weighted by Gasteiger charge is 2.61. The Morgan fingerprint density at radius 2 is 1.88 bits per heavy atom. The van der Waals surface area contributed by atoms with Crippen molar-refractivity contribution in [1.82, 2.24) is 5.32 Å². The predicted molar refractivity (Wildman–Crippen MR) is 151 cm³/mol. The standard InChI is InChI=1S/C29H32ClNO8S/c1-14-10-19(33)23(18(11-22(34)31-13-15(2)32)16-6-8-17(40-5)9-7-16)27(35)29(14)28(36)24-20(37-3)12-21(38-4)25(30)26(24)39-29/h6-9,12,14-15,18,32,35H,10-11,13H2,1-5H3,(H,31,34)/t14-,15-,18?,29+/m1/s1. The fourth-order valence-electron chi connectivity index (χ4n) is 5.28. The second-order valence-electron chi connectivity index (χ2n) is 9.94. The van der Waals surface area contributed by atoms with E-state index in [0.717, 1.165) is 4.90 Å². The van der Waals surface area contributed by atoms with Crippen molar-refractivity contribution in [3.63, 3.8) is 0 Å². The molecule has 0 saturated carbocycles. The lowest BCUT2D eigenvalue weighted by Gasteiger charge is -2.38. The third-order valence-corrected chi connectivity index (χ3v) is 8.46. The zero-order chi connectivity index (χ0) is 29.4. The number of halogens is 1. The number of aliphatic hydroxyl groups is 2. The number of benzene rings is 2. The molecular formula is C29H32ClNO8S. The maximum Gasteiger partial charge on any atom is 0.231 e. The van der Waals surface area contributed by atoms with E-state index in [0.29, 0.717) is 5.56 Å². The molecule has 214 valence electrons. The number of rotatable bonds is 9. The largest absolute Gasteiger partial charge is 0.507 e. The predicted octanol–water partition coefficient (Wildman–Crippen LogP) is 4.48. The van der Waals surface area contributed by atoms with E-state index in [-0.39, 0.29) is 52.8 Å². The number of hydrogen-bond acceptors (Lipinski definition) is 9. The van der Waals surface area contributed by atoms with E-state index in [1.54, 1.807) is 19.1 Å². The van der Waals surface area contributed by atoms with Crippen molar-refractivity contribution in [1.29, 1.82) is 0 Å². The first-order valence-electron chi connectivity index (χ1n) is 12.7. The van der Waals surface area contributed by atoms with E-state index < -0.39 is 46.8 Å². The number of carbonyl (C=O) groups excluding carboxylic acids is 3. The molecule has 4 rings (SSSR count). The van der Waals surface area contributed by atoms with Gasteiger partial charge in [0.05, 0.1) is 20.3 Å². The number of thioether (sulfide) groups is 1. The highest BCUT2D eigenvalue weighted by Crippen LogP contribution is 2.55. The number of hydrogen-bond donors (Lipinski definition) is 3. The number of aliphatic hydroxyl groups excluding tert-OH is 2. The molecule has 4 atom stereocenters. The zero-order valence-electron chi connectivity index (χ0n) is 22.9. The van der Waals surface area contributed by atoms with E-state index in [4.69, 9.17) is 25.8 Å². The molecule has 0 saturated heterocycles. The summed E-state index contributed by atoms with van der Waals surface area (Å²) in [6.45, 7) is 3.20. The van der Waals surface area contributed by atoms with Gasteiger partial charge in [0.2, 0.25) is 17.3 Å². The van der Waals surface area contributed by atoms with Crippen LogP contribution in [0.4, 0.5) is 0 Å². The molecule has 1 heterocycles. The van der Waals surface area contributed by atoms with Gasteiger partial charge < -0.3 is 29.7 Å². The summed E-state index contributed by atoms with van der Waals surface area (Å²) in [6, 6.07) is 8.74. The molecule has 1 unspecified atom stereocenters. The number of methoxy groups -OCH3 is 2. The average Bonchev–Trinajstić information content (AvgIpc) is 3.25. The van der Waals surface area contributed by atoms with Crippen LogP contribution in [-0.4, -0.2) is 66.4 Å². The Labute approximate surface area is 241 Å². The summed E-state index contributed by atoms with van der Waals surface area (Å²) in [7, 11) is 2.79. The number of carbonyl (C=O) groups is 3. The van der Waals surface area contributed by atoms with Crippen LogP contribution < -0.4 is 19.5 Å². The van der Waals surface area contributed by atoms with Crippen molar-refractivity contribution in [2.24, 2.45) is 5.92 Å². The number of ketones is 2. The third-order valence-electron chi connectivity index (χ3n) is 7.36. The number of ether oxygens (including phenoxy) is 3. The topological polar surface area (TPSA) is 131 Å². The molecule has 1 spiro atoms. The lowest BCUT2D eigenvalue weighted by Crippen LogP contribution is -2.53. The van der Waals surface area contributed by atoms with Gasteiger partial charge in [-0.2, -0.15) is 0 Å². The normalized spacial score (nSPS) is 21.6. The van der Waals surface area contributed by atoms with Crippen molar-refractivity contribution in [2.75, 3.05) is 27.0 Å². The summed E-state index contributed by atoms with van der Waals surface area (Å²) in [5, 5.41) is 24.2. The molecule has 1 aliphatic carbocycles. The lowest BCUT2D eigenvalue weighted by atomic mass is 9.69. The number of fused-ring (bicyclic) bond motifs is 1. The van der Waals surface area contributed by atoms with Crippen LogP contribution in [0, 0.1) is 5.92 Å². The number of nitrogens with one attached hydrogen (secondary N) is 1. The smallest absolute Gasteiger partial charge is 0.231 e. The molecule has 0 aromatic heterocycles. The summed E-state index contributed by atoms with van der Waals surface area (Å²) >= 11 is 8.06. The first-order chi connectivity index (χ1) is 19.0. The van der Waals surface area contributed by atoms with E-state index in [9.17, 15) is 24.6 Å². The fraction of sp³-hybridized carbons (Fsp3) is 0.414. The third kappa shape index (κ3) is 5.04. The maximum absolute atomic E-state index is 14.1. The molecule has 1 aliphatic heterocycles. The quantitative estimate of drug-likeness (QED) is 0.362. The molecular weight excluding hydrogens is 558 g/mol. The van der Waals surface area contributed by atoms with Crippen LogP contribution in [0.1, 0.15) is 48.5 Å².